The summed E-state index contributed by atoms with van der Waals surface area (Å²) in [7, 11) is 0. The fourth-order valence-corrected chi connectivity index (χ4v) is 2.54. The maximum absolute atomic E-state index is 6.31. The number of morpholine rings is 1. The molecule has 1 aromatic rings. The van der Waals surface area contributed by atoms with Crippen LogP contribution in [0.2, 0.25) is 0 Å². The van der Waals surface area contributed by atoms with Crippen LogP contribution in [0.3, 0.4) is 0 Å². The molecule has 2 rings (SSSR count). The van der Waals surface area contributed by atoms with Crippen molar-refractivity contribution in [3.63, 3.8) is 0 Å². The first-order valence-corrected chi connectivity index (χ1v) is 6.79. The second kappa shape index (κ2) is 6.32. The molecule has 1 atom stereocenters. The number of hydrogen-bond donors (Lipinski definition) is 1. The molecule has 0 bridgehead atoms. The summed E-state index contributed by atoms with van der Waals surface area (Å²) in [6, 6.07) is 6.68. The highest BCUT2D eigenvalue weighted by Crippen LogP contribution is 2.20. The molecule has 0 aromatic heterocycles. The molecule has 0 saturated carbocycles. The highest BCUT2D eigenvalue weighted by atomic mass is 16.5. The summed E-state index contributed by atoms with van der Waals surface area (Å²) in [6.45, 7) is 9.14. The van der Waals surface area contributed by atoms with E-state index in [4.69, 9.17) is 10.5 Å². The van der Waals surface area contributed by atoms with E-state index in [-0.39, 0.29) is 6.04 Å². The van der Waals surface area contributed by atoms with Gasteiger partial charge in [-0.05, 0) is 31.4 Å². The molecular formula is C15H24N2O. The van der Waals surface area contributed by atoms with E-state index in [1.165, 1.54) is 16.7 Å². The molecule has 100 valence electrons. The lowest BCUT2D eigenvalue weighted by atomic mass is 9.97. The van der Waals surface area contributed by atoms with Gasteiger partial charge in [0.15, 0.2) is 0 Å². The van der Waals surface area contributed by atoms with E-state index in [0.717, 1.165) is 39.3 Å². The van der Waals surface area contributed by atoms with Gasteiger partial charge in [0.2, 0.25) is 0 Å². The van der Waals surface area contributed by atoms with Crippen molar-refractivity contribution in [2.24, 2.45) is 5.73 Å². The van der Waals surface area contributed by atoms with Gasteiger partial charge < -0.3 is 10.5 Å². The third kappa shape index (κ3) is 3.55. The van der Waals surface area contributed by atoms with Crippen LogP contribution in [0.1, 0.15) is 29.2 Å². The first-order valence-electron chi connectivity index (χ1n) is 6.79. The zero-order chi connectivity index (χ0) is 13.0. The number of benzene rings is 1. The largest absolute Gasteiger partial charge is 0.379 e. The van der Waals surface area contributed by atoms with Gasteiger partial charge in [-0.15, -0.1) is 0 Å². The molecule has 0 radical (unpaired) electrons. The summed E-state index contributed by atoms with van der Waals surface area (Å²) < 4.78 is 5.35. The van der Waals surface area contributed by atoms with Crippen molar-refractivity contribution in [2.75, 3.05) is 32.8 Å². The van der Waals surface area contributed by atoms with E-state index in [2.05, 4.69) is 36.9 Å². The van der Waals surface area contributed by atoms with Gasteiger partial charge in [0.1, 0.15) is 0 Å². The van der Waals surface area contributed by atoms with Crippen LogP contribution in [0.15, 0.2) is 18.2 Å². The minimum atomic E-state index is 0.147. The molecule has 18 heavy (non-hydrogen) atoms. The molecule has 3 heteroatoms. The SMILES string of the molecule is Cc1ccc(C(N)CCN2CCOCC2)c(C)c1. The smallest absolute Gasteiger partial charge is 0.0594 e. The van der Waals surface area contributed by atoms with Crippen LogP contribution in [-0.4, -0.2) is 37.7 Å². The van der Waals surface area contributed by atoms with Gasteiger partial charge in [-0.3, -0.25) is 4.90 Å². The number of ether oxygens (including phenoxy) is 1. The van der Waals surface area contributed by atoms with Crippen LogP contribution < -0.4 is 5.73 Å². The first-order chi connectivity index (χ1) is 8.66. The number of hydrogen-bond acceptors (Lipinski definition) is 3. The predicted molar refractivity (Wildman–Crippen MR) is 74.7 cm³/mol. The summed E-state index contributed by atoms with van der Waals surface area (Å²) in [4.78, 5) is 2.44. The summed E-state index contributed by atoms with van der Waals surface area (Å²) in [5, 5.41) is 0. The van der Waals surface area contributed by atoms with Crippen LogP contribution >= 0.6 is 0 Å². The van der Waals surface area contributed by atoms with E-state index in [1.54, 1.807) is 0 Å². The molecule has 0 spiro atoms. The van der Waals surface area contributed by atoms with E-state index < -0.39 is 0 Å². The minimum absolute atomic E-state index is 0.147. The van der Waals surface area contributed by atoms with E-state index >= 15 is 0 Å². The Hall–Kier alpha value is -0.900. The molecule has 1 aromatic carbocycles. The highest BCUT2D eigenvalue weighted by Gasteiger charge is 2.14. The first kappa shape index (κ1) is 13.5. The molecule has 1 unspecified atom stereocenters. The average molecular weight is 248 g/mol. The number of nitrogens with zero attached hydrogens (tertiary/aromatic N) is 1. The fraction of sp³-hybridized carbons (Fsp3) is 0.600. The van der Waals surface area contributed by atoms with Gasteiger partial charge >= 0.3 is 0 Å². The third-order valence-corrected chi connectivity index (χ3v) is 3.68. The Morgan fingerprint density at radius 3 is 2.67 bits per heavy atom. The Morgan fingerprint density at radius 2 is 2.00 bits per heavy atom. The van der Waals surface area contributed by atoms with Crippen molar-refractivity contribution >= 4 is 0 Å². The standard InChI is InChI=1S/C15H24N2O/c1-12-3-4-14(13(2)11-12)15(16)5-6-17-7-9-18-10-8-17/h3-4,11,15H,5-10,16H2,1-2H3. The van der Waals surface area contributed by atoms with Crippen molar-refractivity contribution in [2.45, 2.75) is 26.3 Å². The van der Waals surface area contributed by atoms with E-state index in [9.17, 15) is 0 Å². The second-order valence-electron chi connectivity index (χ2n) is 5.21. The monoisotopic (exact) mass is 248 g/mol. The zero-order valence-electron chi connectivity index (χ0n) is 11.5. The summed E-state index contributed by atoms with van der Waals surface area (Å²) in [6.07, 6.45) is 1.02. The van der Waals surface area contributed by atoms with Gasteiger partial charge in [-0.1, -0.05) is 23.8 Å². The van der Waals surface area contributed by atoms with Crippen LogP contribution in [0.5, 0.6) is 0 Å². The molecular weight excluding hydrogens is 224 g/mol. The van der Waals surface area contributed by atoms with E-state index in [1.807, 2.05) is 0 Å². The Kier molecular flexibility index (Phi) is 4.75. The number of nitrogens with two attached hydrogens (primary N) is 1. The molecule has 1 aliphatic rings. The number of aryl methyl sites for hydroxylation is 2. The Balaban J connectivity index is 1.88. The lowest BCUT2D eigenvalue weighted by molar-refractivity contribution is 0.0366. The average Bonchev–Trinajstić information content (AvgIpc) is 2.37. The Bertz CT molecular complexity index is 386. The van der Waals surface area contributed by atoms with Crippen LogP contribution in [0, 0.1) is 13.8 Å². The minimum Gasteiger partial charge on any atom is -0.379 e. The van der Waals surface area contributed by atoms with Gasteiger partial charge in [0, 0.05) is 25.7 Å². The normalized spacial score (nSPS) is 18.8. The highest BCUT2D eigenvalue weighted by molar-refractivity contribution is 5.32. The maximum atomic E-state index is 6.31. The molecule has 2 N–H and O–H groups in total. The molecule has 1 heterocycles. The van der Waals surface area contributed by atoms with Crippen molar-refractivity contribution < 1.29 is 4.74 Å². The maximum Gasteiger partial charge on any atom is 0.0594 e. The zero-order valence-corrected chi connectivity index (χ0v) is 11.5. The van der Waals surface area contributed by atoms with Gasteiger partial charge in [-0.25, -0.2) is 0 Å². The van der Waals surface area contributed by atoms with Crippen molar-refractivity contribution in [1.82, 2.24) is 4.90 Å². The van der Waals surface area contributed by atoms with Crippen LogP contribution in [0.25, 0.3) is 0 Å². The van der Waals surface area contributed by atoms with Gasteiger partial charge in [0.25, 0.3) is 0 Å². The molecule has 1 saturated heterocycles. The Labute approximate surface area is 110 Å². The van der Waals surface area contributed by atoms with Gasteiger partial charge in [-0.2, -0.15) is 0 Å². The number of rotatable bonds is 4. The quantitative estimate of drug-likeness (QED) is 0.886. The van der Waals surface area contributed by atoms with Crippen molar-refractivity contribution in [3.05, 3.63) is 34.9 Å². The van der Waals surface area contributed by atoms with Gasteiger partial charge in [0.05, 0.1) is 13.2 Å². The molecule has 0 amide bonds. The molecule has 0 aliphatic carbocycles. The summed E-state index contributed by atoms with van der Waals surface area (Å²) in [5.74, 6) is 0. The molecule has 3 nitrogen and oxygen atoms in total. The lowest BCUT2D eigenvalue weighted by Gasteiger charge is -2.27. The molecule has 1 fully saturated rings. The summed E-state index contributed by atoms with van der Waals surface area (Å²) >= 11 is 0. The van der Waals surface area contributed by atoms with Crippen LogP contribution in [0.4, 0.5) is 0 Å². The van der Waals surface area contributed by atoms with Crippen LogP contribution in [-0.2, 0) is 4.74 Å². The van der Waals surface area contributed by atoms with Crippen molar-refractivity contribution in [1.29, 1.82) is 0 Å². The van der Waals surface area contributed by atoms with Crippen molar-refractivity contribution in [3.8, 4) is 0 Å². The predicted octanol–water partition coefficient (Wildman–Crippen LogP) is 2.03. The third-order valence-electron chi connectivity index (χ3n) is 3.68. The fourth-order valence-electron chi connectivity index (χ4n) is 2.54. The summed E-state index contributed by atoms with van der Waals surface area (Å²) in [5.41, 5.74) is 10.2. The lowest BCUT2D eigenvalue weighted by Crippen LogP contribution is -2.37. The molecule has 1 aliphatic heterocycles. The Morgan fingerprint density at radius 1 is 1.28 bits per heavy atom. The second-order valence-corrected chi connectivity index (χ2v) is 5.21. The van der Waals surface area contributed by atoms with E-state index in [0.29, 0.717) is 0 Å². The topological polar surface area (TPSA) is 38.5 Å².